The van der Waals surface area contributed by atoms with E-state index in [9.17, 15) is 5.26 Å². The van der Waals surface area contributed by atoms with E-state index in [-0.39, 0.29) is 0 Å². The van der Waals surface area contributed by atoms with E-state index in [2.05, 4.69) is 50.2 Å². The van der Waals surface area contributed by atoms with Crippen LogP contribution in [-0.4, -0.2) is 36.5 Å². The van der Waals surface area contributed by atoms with Gasteiger partial charge in [0.15, 0.2) is 4.08 Å². The van der Waals surface area contributed by atoms with Crippen LogP contribution in [0.15, 0.2) is 24.3 Å². The molecule has 1 aromatic carbocycles. The minimum Gasteiger partial charge on any atom is -0.305 e. The zero-order valence-electron chi connectivity index (χ0n) is 11.0. The molecule has 1 fully saturated rings. The van der Waals surface area contributed by atoms with Crippen LogP contribution < -0.4 is 0 Å². The van der Waals surface area contributed by atoms with Gasteiger partial charge in [-0.1, -0.05) is 29.8 Å². The van der Waals surface area contributed by atoms with Crippen LogP contribution in [-0.2, 0) is 4.08 Å². The summed E-state index contributed by atoms with van der Waals surface area (Å²) in [6, 6.07) is 11.4. The van der Waals surface area contributed by atoms with E-state index in [1.165, 1.54) is 5.56 Å². The topological polar surface area (TPSA) is 27.0 Å². The van der Waals surface area contributed by atoms with Crippen LogP contribution in [0.25, 0.3) is 0 Å². The van der Waals surface area contributed by atoms with Crippen molar-refractivity contribution in [3.05, 3.63) is 35.4 Å². The van der Waals surface area contributed by atoms with Gasteiger partial charge in [0, 0.05) is 17.5 Å². The fraction of sp³-hybridized carbons (Fsp3) is 0.500. The molecule has 4 heteroatoms. The second kappa shape index (κ2) is 5.56. The molecule has 0 radical (unpaired) electrons. The van der Waals surface area contributed by atoms with Crippen LogP contribution >= 0.6 is 23.5 Å². The first-order valence-electron chi connectivity index (χ1n) is 6.00. The number of benzene rings is 1. The van der Waals surface area contributed by atoms with Gasteiger partial charge in [-0.3, -0.25) is 0 Å². The molecule has 0 amide bonds. The number of thioether (sulfide) groups is 2. The van der Waals surface area contributed by atoms with Gasteiger partial charge in [0.25, 0.3) is 0 Å². The predicted molar refractivity (Wildman–Crippen MR) is 80.9 cm³/mol. The lowest BCUT2D eigenvalue weighted by Crippen LogP contribution is -2.38. The normalized spacial score (nSPS) is 28.1. The molecule has 0 unspecified atom stereocenters. The summed E-state index contributed by atoms with van der Waals surface area (Å²) in [6.45, 7) is 2.08. The van der Waals surface area contributed by atoms with E-state index in [1.807, 2.05) is 6.07 Å². The predicted octanol–water partition coefficient (Wildman–Crippen LogP) is 3.08. The summed E-state index contributed by atoms with van der Waals surface area (Å²) in [5.41, 5.74) is 2.36. The molecule has 18 heavy (non-hydrogen) atoms. The molecule has 2 nitrogen and oxygen atoms in total. The first-order valence-corrected chi connectivity index (χ1v) is 7.97. The Bertz CT molecular complexity index is 457. The Morgan fingerprint density at radius 2 is 2.00 bits per heavy atom. The van der Waals surface area contributed by atoms with Crippen molar-refractivity contribution in [2.45, 2.75) is 17.0 Å². The maximum absolute atomic E-state index is 9.61. The number of nitrogens with zero attached hydrogens (tertiary/aromatic N) is 2. The lowest BCUT2D eigenvalue weighted by Gasteiger charge is -2.36. The average Bonchev–Trinajstić information content (AvgIpc) is 2.38. The third-order valence-electron chi connectivity index (χ3n) is 3.23. The smallest absolute Gasteiger partial charge is 0.173 e. The lowest BCUT2D eigenvalue weighted by molar-refractivity contribution is 0.343. The van der Waals surface area contributed by atoms with Gasteiger partial charge in [-0.25, -0.2) is 0 Å². The van der Waals surface area contributed by atoms with Crippen LogP contribution in [0.5, 0.6) is 0 Å². The number of nitriles is 1. The summed E-state index contributed by atoms with van der Waals surface area (Å²) < 4.78 is -0.418. The van der Waals surface area contributed by atoms with Crippen LogP contribution in [0, 0.1) is 18.3 Å². The van der Waals surface area contributed by atoms with Gasteiger partial charge in [0.1, 0.15) is 0 Å². The molecule has 1 aliphatic rings. The minimum absolute atomic E-state index is 0.418. The summed E-state index contributed by atoms with van der Waals surface area (Å²) in [7, 11) is 4.22. The summed E-state index contributed by atoms with van der Waals surface area (Å²) in [4.78, 5) is 2.25. The number of aryl methyl sites for hydroxylation is 1. The number of hydrogen-bond donors (Lipinski definition) is 0. The Morgan fingerprint density at radius 3 is 2.50 bits per heavy atom. The summed E-state index contributed by atoms with van der Waals surface area (Å²) in [5.74, 6) is 2.03. The molecular formula is C14H18N2S2. The molecule has 0 N–H and O–H groups in total. The van der Waals surface area contributed by atoms with E-state index in [1.54, 1.807) is 23.5 Å². The van der Waals surface area contributed by atoms with Gasteiger partial charge in [-0.05, 0) is 26.6 Å². The van der Waals surface area contributed by atoms with Gasteiger partial charge in [-0.15, -0.1) is 23.5 Å². The first-order chi connectivity index (χ1) is 8.57. The Kier molecular flexibility index (Phi) is 4.26. The van der Waals surface area contributed by atoms with Crippen molar-refractivity contribution in [1.29, 1.82) is 5.26 Å². The molecular weight excluding hydrogens is 260 g/mol. The van der Waals surface area contributed by atoms with Crippen molar-refractivity contribution in [3.8, 4) is 6.07 Å². The van der Waals surface area contributed by atoms with Crippen LogP contribution in [0.3, 0.4) is 0 Å². The standard InChI is InChI=1S/C14H18N2S2/c1-11-5-4-6-12(7-11)14(10-15)17-8-13(9-18-14)16(2)3/h4-7,13H,8-9H2,1-3H3. The molecule has 0 saturated carbocycles. The summed E-state index contributed by atoms with van der Waals surface area (Å²) in [5, 5.41) is 9.61. The highest BCUT2D eigenvalue weighted by Crippen LogP contribution is 2.50. The van der Waals surface area contributed by atoms with E-state index >= 15 is 0 Å². The van der Waals surface area contributed by atoms with Crippen molar-refractivity contribution in [2.24, 2.45) is 0 Å². The van der Waals surface area contributed by atoms with Gasteiger partial charge in [-0.2, -0.15) is 5.26 Å². The monoisotopic (exact) mass is 278 g/mol. The van der Waals surface area contributed by atoms with E-state index in [4.69, 9.17) is 0 Å². The van der Waals surface area contributed by atoms with E-state index in [0.29, 0.717) is 6.04 Å². The third-order valence-corrected chi connectivity index (χ3v) is 6.51. The first kappa shape index (κ1) is 13.8. The fourth-order valence-corrected chi connectivity index (χ4v) is 5.25. The van der Waals surface area contributed by atoms with Crippen LogP contribution in [0.1, 0.15) is 11.1 Å². The largest absolute Gasteiger partial charge is 0.305 e. The maximum atomic E-state index is 9.61. The molecule has 1 saturated heterocycles. The van der Waals surface area contributed by atoms with Crippen molar-refractivity contribution in [1.82, 2.24) is 4.90 Å². The zero-order valence-corrected chi connectivity index (χ0v) is 12.6. The molecule has 1 heterocycles. The fourth-order valence-electron chi connectivity index (χ4n) is 1.96. The number of rotatable bonds is 2. The second-order valence-electron chi connectivity index (χ2n) is 4.84. The van der Waals surface area contributed by atoms with Crippen molar-refractivity contribution >= 4 is 23.5 Å². The zero-order chi connectivity index (χ0) is 13.2. The molecule has 1 aliphatic heterocycles. The Labute approximate surface area is 118 Å². The van der Waals surface area contributed by atoms with Crippen LogP contribution in [0.2, 0.25) is 0 Å². The highest BCUT2D eigenvalue weighted by atomic mass is 32.2. The molecule has 2 rings (SSSR count). The summed E-state index contributed by atoms with van der Waals surface area (Å²) >= 11 is 3.54. The lowest BCUT2D eigenvalue weighted by atomic mass is 10.1. The molecule has 0 aromatic heterocycles. The highest BCUT2D eigenvalue weighted by Gasteiger charge is 2.39. The Balaban J connectivity index is 2.22. The average molecular weight is 278 g/mol. The molecule has 0 bridgehead atoms. The van der Waals surface area contributed by atoms with Crippen molar-refractivity contribution < 1.29 is 0 Å². The molecule has 0 aliphatic carbocycles. The quantitative estimate of drug-likeness (QED) is 0.831. The van der Waals surface area contributed by atoms with Crippen LogP contribution in [0.4, 0.5) is 0 Å². The van der Waals surface area contributed by atoms with Gasteiger partial charge in [0.05, 0.1) is 6.07 Å². The van der Waals surface area contributed by atoms with E-state index < -0.39 is 4.08 Å². The molecule has 0 atom stereocenters. The SMILES string of the molecule is Cc1cccc(C2(C#N)SCC(N(C)C)CS2)c1. The minimum atomic E-state index is -0.418. The van der Waals surface area contributed by atoms with Crippen molar-refractivity contribution in [2.75, 3.05) is 25.6 Å². The third kappa shape index (κ3) is 2.69. The Morgan fingerprint density at radius 1 is 1.33 bits per heavy atom. The Hall–Kier alpha value is -0.630. The van der Waals surface area contributed by atoms with Gasteiger partial charge in [0.2, 0.25) is 0 Å². The molecule has 1 aromatic rings. The second-order valence-corrected chi connectivity index (χ2v) is 7.56. The number of hydrogen-bond acceptors (Lipinski definition) is 4. The van der Waals surface area contributed by atoms with Gasteiger partial charge >= 0.3 is 0 Å². The molecule has 96 valence electrons. The van der Waals surface area contributed by atoms with Gasteiger partial charge < -0.3 is 4.90 Å². The summed E-state index contributed by atoms with van der Waals surface area (Å²) in [6.07, 6.45) is 0. The maximum Gasteiger partial charge on any atom is 0.173 e. The molecule has 0 spiro atoms. The van der Waals surface area contributed by atoms with Crippen molar-refractivity contribution in [3.63, 3.8) is 0 Å². The van der Waals surface area contributed by atoms with E-state index in [0.717, 1.165) is 17.1 Å². The highest BCUT2D eigenvalue weighted by molar-refractivity contribution is 8.18.